The number of hydrogen-bond acceptors (Lipinski definition) is 6. The summed E-state index contributed by atoms with van der Waals surface area (Å²) in [5.41, 5.74) is -1.94. The van der Waals surface area contributed by atoms with Crippen LogP contribution in [0.5, 0.6) is 0 Å². The van der Waals surface area contributed by atoms with Crippen molar-refractivity contribution in [2.24, 2.45) is 11.8 Å². The molecule has 43 heavy (non-hydrogen) atoms. The van der Waals surface area contributed by atoms with E-state index >= 15 is 0 Å². The molecule has 3 heterocycles. The Morgan fingerprint density at radius 2 is 1.56 bits per heavy atom. The molecule has 4 rings (SSSR count). The standard InChI is InChI=1S/C30H41F3N4O6/c1-29(2,3)43-28(41)36-14-6-20(7-15-36)11-17-42-19-21-8-12-35(13-9-21)26(39)22-4-5-23(30(31,32)33)24(18-22)37-16-10-25(38)34-27(37)40/h4-5,18,20-21H,6-17,19H2,1-3H3,(H,34,38,40). The number of ether oxygens (including phenoxy) is 2. The quantitative estimate of drug-likeness (QED) is 0.433. The second kappa shape index (κ2) is 13.5. The molecule has 1 aromatic carbocycles. The van der Waals surface area contributed by atoms with Crippen molar-refractivity contribution < 1.29 is 41.8 Å². The van der Waals surface area contributed by atoms with E-state index in [4.69, 9.17) is 9.47 Å². The zero-order valence-corrected chi connectivity index (χ0v) is 25.0. The lowest BCUT2D eigenvalue weighted by Crippen LogP contribution is -2.50. The number of amides is 5. The molecule has 3 aliphatic heterocycles. The fourth-order valence-corrected chi connectivity index (χ4v) is 5.64. The third kappa shape index (κ3) is 8.84. The average molecular weight is 611 g/mol. The van der Waals surface area contributed by atoms with Gasteiger partial charge >= 0.3 is 18.3 Å². The minimum Gasteiger partial charge on any atom is -0.444 e. The monoisotopic (exact) mass is 610 g/mol. The molecule has 5 amide bonds. The first-order valence-corrected chi connectivity index (χ1v) is 14.9. The number of piperidine rings is 2. The highest BCUT2D eigenvalue weighted by molar-refractivity contribution is 6.06. The molecule has 13 heteroatoms. The van der Waals surface area contributed by atoms with Crippen molar-refractivity contribution in [3.63, 3.8) is 0 Å². The second-order valence-corrected chi connectivity index (χ2v) is 12.5. The molecule has 0 bridgehead atoms. The van der Waals surface area contributed by atoms with Crippen LogP contribution >= 0.6 is 0 Å². The van der Waals surface area contributed by atoms with E-state index in [1.54, 1.807) is 9.80 Å². The predicted molar refractivity (Wildman–Crippen MR) is 152 cm³/mol. The fourth-order valence-electron chi connectivity index (χ4n) is 5.64. The van der Waals surface area contributed by atoms with E-state index < -0.39 is 40.9 Å². The first kappa shape index (κ1) is 32.6. The second-order valence-electron chi connectivity index (χ2n) is 12.5. The molecule has 3 saturated heterocycles. The summed E-state index contributed by atoms with van der Waals surface area (Å²) in [6, 6.07) is 2.09. The predicted octanol–water partition coefficient (Wildman–Crippen LogP) is 5.06. The molecule has 0 atom stereocenters. The number of nitrogens with one attached hydrogen (secondary N) is 1. The summed E-state index contributed by atoms with van der Waals surface area (Å²) in [5, 5.41) is 2.03. The van der Waals surface area contributed by atoms with Crippen molar-refractivity contribution in [1.29, 1.82) is 0 Å². The number of rotatable bonds is 7. The van der Waals surface area contributed by atoms with Crippen LogP contribution in [0.15, 0.2) is 18.2 Å². The van der Waals surface area contributed by atoms with Crippen molar-refractivity contribution in [2.45, 2.75) is 71.1 Å². The van der Waals surface area contributed by atoms with Gasteiger partial charge in [-0.05, 0) is 82.9 Å². The van der Waals surface area contributed by atoms with Gasteiger partial charge in [0, 0.05) is 57.9 Å². The van der Waals surface area contributed by atoms with Gasteiger partial charge in [-0.2, -0.15) is 13.2 Å². The number of benzene rings is 1. The Balaban J connectivity index is 1.22. The van der Waals surface area contributed by atoms with E-state index in [1.807, 2.05) is 26.1 Å². The first-order valence-electron chi connectivity index (χ1n) is 14.9. The maximum absolute atomic E-state index is 13.7. The number of imide groups is 1. The maximum atomic E-state index is 13.7. The van der Waals surface area contributed by atoms with Crippen LogP contribution in [0.2, 0.25) is 0 Å². The lowest BCUT2D eigenvalue weighted by Gasteiger charge is -2.34. The number of halogens is 3. The maximum Gasteiger partial charge on any atom is 0.418 e. The molecule has 1 aromatic rings. The van der Waals surface area contributed by atoms with Gasteiger partial charge in [-0.1, -0.05) is 0 Å². The number of carbonyl (C=O) groups is 4. The SMILES string of the molecule is CC(C)(C)OC(=O)N1CCC(CCOCC2CCN(C(=O)c3ccc(C(F)(F)F)c(N4CCC(=O)NC4=O)c3)CC2)CC1. The van der Waals surface area contributed by atoms with E-state index in [-0.39, 0.29) is 30.5 Å². The van der Waals surface area contributed by atoms with Gasteiger partial charge in [0.2, 0.25) is 5.91 Å². The molecule has 1 N–H and O–H groups in total. The van der Waals surface area contributed by atoms with Crippen LogP contribution in [-0.2, 0) is 20.4 Å². The van der Waals surface area contributed by atoms with Crippen molar-refractivity contribution in [2.75, 3.05) is 50.8 Å². The van der Waals surface area contributed by atoms with Gasteiger partial charge in [0.1, 0.15) is 5.60 Å². The zero-order valence-electron chi connectivity index (χ0n) is 25.0. The normalized spacial score (nSPS) is 19.4. The van der Waals surface area contributed by atoms with Crippen LogP contribution in [0.1, 0.15) is 75.2 Å². The number of likely N-dealkylation sites (tertiary alicyclic amines) is 2. The number of hydrogen-bond donors (Lipinski definition) is 1. The Morgan fingerprint density at radius 3 is 2.16 bits per heavy atom. The molecule has 0 spiro atoms. The van der Waals surface area contributed by atoms with Crippen LogP contribution in [0.25, 0.3) is 0 Å². The van der Waals surface area contributed by atoms with Gasteiger partial charge in [-0.15, -0.1) is 0 Å². The van der Waals surface area contributed by atoms with E-state index in [9.17, 15) is 32.3 Å². The zero-order chi connectivity index (χ0) is 31.4. The number of alkyl halides is 3. The smallest absolute Gasteiger partial charge is 0.418 e. The number of urea groups is 1. The molecular weight excluding hydrogens is 569 g/mol. The summed E-state index contributed by atoms with van der Waals surface area (Å²) in [4.78, 5) is 53.5. The molecular formula is C30H41F3N4O6. The van der Waals surface area contributed by atoms with Crippen LogP contribution in [0.4, 0.5) is 28.4 Å². The minimum atomic E-state index is -4.74. The van der Waals surface area contributed by atoms with E-state index in [0.717, 1.165) is 42.4 Å². The van der Waals surface area contributed by atoms with Gasteiger partial charge < -0.3 is 19.3 Å². The lowest BCUT2D eigenvalue weighted by atomic mass is 9.94. The minimum absolute atomic E-state index is 0.0557. The largest absolute Gasteiger partial charge is 0.444 e. The summed E-state index contributed by atoms with van der Waals surface area (Å²) < 4.78 is 52.5. The molecule has 0 aliphatic carbocycles. The molecule has 238 valence electrons. The highest BCUT2D eigenvalue weighted by Gasteiger charge is 2.38. The highest BCUT2D eigenvalue weighted by atomic mass is 19.4. The summed E-state index contributed by atoms with van der Waals surface area (Å²) in [6.07, 6.45) is -0.978. The fraction of sp³-hybridized carbons (Fsp3) is 0.667. The van der Waals surface area contributed by atoms with Crippen LogP contribution in [-0.4, -0.2) is 85.3 Å². The van der Waals surface area contributed by atoms with Gasteiger partial charge in [0.15, 0.2) is 0 Å². The molecule has 10 nitrogen and oxygen atoms in total. The Morgan fingerprint density at radius 1 is 0.930 bits per heavy atom. The average Bonchev–Trinajstić information content (AvgIpc) is 2.94. The molecule has 3 fully saturated rings. The van der Waals surface area contributed by atoms with Gasteiger partial charge in [-0.3, -0.25) is 19.8 Å². The lowest BCUT2D eigenvalue weighted by molar-refractivity contribution is -0.137. The number of nitrogens with zero attached hydrogens (tertiary/aromatic N) is 3. The van der Waals surface area contributed by atoms with E-state index in [1.165, 1.54) is 0 Å². The molecule has 0 unspecified atom stereocenters. The summed E-state index contributed by atoms with van der Waals surface area (Å²) in [7, 11) is 0. The summed E-state index contributed by atoms with van der Waals surface area (Å²) in [6.45, 7) is 8.82. The summed E-state index contributed by atoms with van der Waals surface area (Å²) >= 11 is 0. The van der Waals surface area contributed by atoms with Crippen LogP contribution in [0, 0.1) is 11.8 Å². The van der Waals surface area contributed by atoms with Crippen molar-refractivity contribution in [3.8, 4) is 0 Å². The summed E-state index contributed by atoms with van der Waals surface area (Å²) in [5.74, 6) is -0.200. The molecule has 0 radical (unpaired) electrons. The van der Waals surface area contributed by atoms with Crippen LogP contribution in [0.3, 0.4) is 0 Å². The molecule has 0 saturated carbocycles. The van der Waals surface area contributed by atoms with Gasteiger partial charge in [0.25, 0.3) is 5.91 Å². The van der Waals surface area contributed by atoms with Crippen LogP contribution < -0.4 is 10.2 Å². The third-order valence-corrected chi connectivity index (χ3v) is 8.09. The number of carbonyl (C=O) groups excluding carboxylic acids is 4. The Kier molecular flexibility index (Phi) is 10.2. The van der Waals surface area contributed by atoms with Gasteiger partial charge in [-0.25, -0.2) is 9.59 Å². The first-order chi connectivity index (χ1) is 20.2. The van der Waals surface area contributed by atoms with Gasteiger partial charge in [0.05, 0.1) is 11.3 Å². The Labute approximate surface area is 249 Å². The number of anilines is 1. The van der Waals surface area contributed by atoms with Crippen molar-refractivity contribution in [1.82, 2.24) is 15.1 Å². The van der Waals surface area contributed by atoms with E-state index in [2.05, 4.69) is 0 Å². The van der Waals surface area contributed by atoms with Crippen molar-refractivity contribution in [3.05, 3.63) is 29.3 Å². The van der Waals surface area contributed by atoms with E-state index in [0.29, 0.717) is 58.2 Å². The Bertz CT molecular complexity index is 1190. The third-order valence-electron chi connectivity index (χ3n) is 8.09. The molecule has 3 aliphatic rings. The molecule has 0 aromatic heterocycles. The topological polar surface area (TPSA) is 108 Å². The highest BCUT2D eigenvalue weighted by Crippen LogP contribution is 2.38. The van der Waals surface area contributed by atoms with Crippen molar-refractivity contribution >= 4 is 29.6 Å². The Hall–Kier alpha value is -3.35.